The van der Waals surface area contributed by atoms with Gasteiger partial charge in [-0.2, -0.15) is 0 Å². The molecule has 3 nitrogen and oxygen atoms in total. The number of aromatic nitrogens is 1. The Morgan fingerprint density at radius 3 is 3.00 bits per heavy atom. The molecule has 1 aliphatic rings. The summed E-state index contributed by atoms with van der Waals surface area (Å²) in [5, 5.41) is 3.19. The van der Waals surface area contributed by atoms with Gasteiger partial charge in [0.15, 0.2) is 6.23 Å². The first kappa shape index (κ1) is 9.45. The Morgan fingerprint density at radius 2 is 2.42 bits per heavy atom. The predicted octanol–water partition coefficient (Wildman–Crippen LogP) is 1.12. The Morgan fingerprint density at radius 1 is 1.50 bits per heavy atom. The van der Waals surface area contributed by atoms with Crippen molar-refractivity contribution in [3.8, 4) is 0 Å². The van der Waals surface area contributed by atoms with Gasteiger partial charge in [-0.25, -0.2) is 0 Å². The van der Waals surface area contributed by atoms with E-state index in [0.717, 1.165) is 18.8 Å². The topological polar surface area (TPSA) is 34.1 Å². The number of halogens is 1. The second-order valence-corrected chi connectivity index (χ2v) is 2.46. The molecule has 0 spiro atoms. The smallest absolute Gasteiger partial charge is 0.151 e. The summed E-state index contributed by atoms with van der Waals surface area (Å²) in [6.07, 6.45) is 1.79. The molecule has 0 bridgehead atoms. The summed E-state index contributed by atoms with van der Waals surface area (Å²) in [6.45, 7) is 1.70. The minimum absolute atomic E-state index is 0. The van der Waals surface area contributed by atoms with Gasteiger partial charge in [0, 0.05) is 12.7 Å². The first-order valence-electron chi connectivity index (χ1n) is 3.73. The molecule has 1 atom stereocenters. The highest BCUT2D eigenvalue weighted by Gasteiger charge is 2.16. The third-order valence-corrected chi connectivity index (χ3v) is 1.67. The second kappa shape index (κ2) is 4.40. The molecule has 1 aromatic heterocycles. The van der Waals surface area contributed by atoms with Crippen molar-refractivity contribution >= 4 is 12.4 Å². The van der Waals surface area contributed by atoms with Crippen molar-refractivity contribution in [1.82, 2.24) is 10.3 Å². The van der Waals surface area contributed by atoms with E-state index in [0.29, 0.717) is 0 Å². The Kier molecular flexibility index (Phi) is 3.47. The average molecular weight is 187 g/mol. The van der Waals surface area contributed by atoms with Crippen LogP contribution in [0.1, 0.15) is 11.9 Å². The summed E-state index contributed by atoms with van der Waals surface area (Å²) in [6, 6.07) is 5.83. The summed E-state index contributed by atoms with van der Waals surface area (Å²) in [7, 11) is 0. The number of hydrogen-bond acceptors (Lipinski definition) is 3. The SMILES string of the molecule is Cl.c1ccc(C2NCCO2)nc1. The lowest BCUT2D eigenvalue weighted by Crippen LogP contribution is -2.14. The molecule has 4 heteroatoms. The molecule has 0 radical (unpaired) electrons. The predicted molar refractivity (Wildman–Crippen MR) is 48.2 cm³/mol. The van der Waals surface area contributed by atoms with Gasteiger partial charge in [0.1, 0.15) is 0 Å². The lowest BCUT2D eigenvalue weighted by Gasteiger charge is -2.07. The third kappa shape index (κ3) is 1.94. The van der Waals surface area contributed by atoms with Crippen LogP contribution in [0, 0.1) is 0 Å². The molecule has 66 valence electrons. The van der Waals surface area contributed by atoms with Gasteiger partial charge in [-0.15, -0.1) is 12.4 Å². The van der Waals surface area contributed by atoms with Gasteiger partial charge in [-0.1, -0.05) is 6.07 Å². The molecule has 1 saturated heterocycles. The van der Waals surface area contributed by atoms with E-state index in [1.807, 2.05) is 18.2 Å². The Bertz CT molecular complexity index is 224. The van der Waals surface area contributed by atoms with Crippen molar-refractivity contribution in [2.75, 3.05) is 13.2 Å². The first-order chi connectivity index (χ1) is 5.47. The van der Waals surface area contributed by atoms with Gasteiger partial charge >= 0.3 is 0 Å². The third-order valence-electron chi connectivity index (χ3n) is 1.67. The van der Waals surface area contributed by atoms with Crippen molar-refractivity contribution in [3.05, 3.63) is 30.1 Å². The number of rotatable bonds is 1. The van der Waals surface area contributed by atoms with Gasteiger partial charge in [-0.3, -0.25) is 10.3 Å². The molecule has 0 aromatic carbocycles. The first-order valence-corrected chi connectivity index (χ1v) is 3.73. The summed E-state index contributed by atoms with van der Waals surface area (Å²) in [5.74, 6) is 0. The number of pyridine rings is 1. The molecule has 1 aromatic rings. The van der Waals surface area contributed by atoms with Crippen LogP contribution in [0.25, 0.3) is 0 Å². The Labute approximate surface area is 77.6 Å². The molecule has 0 aliphatic carbocycles. The van der Waals surface area contributed by atoms with Crippen LogP contribution in [0.4, 0.5) is 0 Å². The zero-order valence-corrected chi connectivity index (χ0v) is 7.38. The van der Waals surface area contributed by atoms with Crippen LogP contribution in [0.5, 0.6) is 0 Å². The summed E-state index contributed by atoms with van der Waals surface area (Å²) in [4.78, 5) is 4.17. The average Bonchev–Trinajstić information content (AvgIpc) is 2.58. The molecule has 1 unspecified atom stereocenters. The van der Waals surface area contributed by atoms with Crippen LogP contribution in [0.3, 0.4) is 0 Å². The van der Waals surface area contributed by atoms with E-state index < -0.39 is 0 Å². The van der Waals surface area contributed by atoms with E-state index in [1.54, 1.807) is 6.20 Å². The van der Waals surface area contributed by atoms with Gasteiger partial charge in [0.2, 0.25) is 0 Å². The molecule has 0 saturated carbocycles. The molecule has 12 heavy (non-hydrogen) atoms. The highest BCUT2D eigenvalue weighted by molar-refractivity contribution is 5.85. The van der Waals surface area contributed by atoms with E-state index in [2.05, 4.69) is 10.3 Å². The van der Waals surface area contributed by atoms with Crippen molar-refractivity contribution in [2.24, 2.45) is 0 Å². The fourth-order valence-electron chi connectivity index (χ4n) is 1.15. The van der Waals surface area contributed by atoms with E-state index in [-0.39, 0.29) is 18.6 Å². The van der Waals surface area contributed by atoms with Crippen LogP contribution < -0.4 is 5.32 Å². The molecule has 2 heterocycles. The van der Waals surface area contributed by atoms with E-state index in [4.69, 9.17) is 4.74 Å². The molecule has 1 N–H and O–H groups in total. The largest absolute Gasteiger partial charge is 0.356 e. The van der Waals surface area contributed by atoms with E-state index >= 15 is 0 Å². The molecule has 1 aliphatic heterocycles. The van der Waals surface area contributed by atoms with Crippen molar-refractivity contribution in [2.45, 2.75) is 6.23 Å². The summed E-state index contributed by atoms with van der Waals surface area (Å²) >= 11 is 0. The van der Waals surface area contributed by atoms with Crippen LogP contribution in [0.15, 0.2) is 24.4 Å². The molecule has 0 amide bonds. The van der Waals surface area contributed by atoms with Crippen LogP contribution >= 0.6 is 12.4 Å². The van der Waals surface area contributed by atoms with Crippen molar-refractivity contribution in [3.63, 3.8) is 0 Å². The zero-order chi connectivity index (χ0) is 7.52. The van der Waals surface area contributed by atoms with Crippen molar-refractivity contribution in [1.29, 1.82) is 0 Å². The number of nitrogens with zero attached hydrogens (tertiary/aromatic N) is 1. The zero-order valence-electron chi connectivity index (χ0n) is 6.56. The van der Waals surface area contributed by atoms with Gasteiger partial charge < -0.3 is 4.74 Å². The van der Waals surface area contributed by atoms with Crippen LogP contribution in [-0.2, 0) is 4.74 Å². The molecular weight excluding hydrogens is 176 g/mol. The van der Waals surface area contributed by atoms with Gasteiger partial charge in [0.25, 0.3) is 0 Å². The number of hydrogen-bond donors (Lipinski definition) is 1. The normalized spacial score (nSPS) is 21.8. The summed E-state index contributed by atoms with van der Waals surface area (Å²) in [5.41, 5.74) is 0.963. The fourth-order valence-corrected chi connectivity index (χ4v) is 1.15. The van der Waals surface area contributed by atoms with E-state index in [1.165, 1.54) is 0 Å². The summed E-state index contributed by atoms with van der Waals surface area (Å²) < 4.78 is 5.37. The minimum atomic E-state index is 0. The molecule has 1 fully saturated rings. The standard InChI is InChI=1S/C8H10N2O.ClH/c1-2-4-9-7(3-1)8-10-5-6-11-8;/h1-4,8,10H,5-6H2;1H. The highest BCUT2D eigenvalue weighted by atomic mass is 35.5. The molecule has 2 rings (SSSR count). The van der Waals surface area contributed by atoms with E-state index in [9.17, 15) is 0 Å². The lowest BCUT2D eigenvalue weighted by molar-refractivity contribution is 0.0985. The van der Waals surface area contributed by atoms with Gasteiger partial charge in [-0.05, 0) is 12.1 Å². The quantitative estimate of drug-likeness (QED) is 0.714. The van der Waals surface area contributed by atoms with Gasteiger partial charge in [0.05, 0.1) is 12.3 Å². The number of nitrogens with one attached hydrogen (secondary N) is 1. The monoisotopic (exact) mass is 186 g/mol. The maximum Gasteiger partial charge on any atom is 0.151 e. The maximum atomic E-state index is 5.37. The Hall–Kier alpha value is -0.640. The Balaban J connectivity index is 0.000000720. The maximum absolute atomic E-state index is 5.37. The lowest BCUT2D eigenvalue weighted by atomic mass is 10.3. The fraction of sp³-hybridized carbons (Fsp3) is 0.375. The number of ether oxygens (including phenoxy) is 1. The molecular formula is C8H11ClN2O. The van der Waals surface area contributed by atoms with Crippen molar-refractivity contribution < 1.29 is 4.74 Å². The minimum Gasteiger partial charge on any atom is -0.356 e. The van der Waals surface area contributed by atoms with Crippen LogP contribution in [0.2, 0.25) is 0 Å². The van der Waals surface area contributed by atoms with Crippen LogP contribution in [-0.4, -0.2) is 18.1 Å². The highest BCUT2D eigenvalue weighted by Crippen LogP contribution is 2.13. The second-order valence-electron chi connectivity index (χ2n) is 2.46.